The van der Waals surface area contributed by atoms with Crippen molar-refractivity contribution in [1.82, 2.24) is 20.4 Å². The quantitative estimate of drug-likeness (QED) is 0.0583. The maximum absolute atomic E-state index is 14.4. The van der Waals surface area contributed by atoms with Crippen LogP contribution in [-0.2, 0) is 9.59 Å². The Bertz CT molecular complexity index is 1800. The molecule has 13 N–H and O–H groups in total. The number of anilines is 2. The maximum Gasteiger partial charge on any atom is 0.256 e. The largest absolute Gasteiger partial charge is 0.395 e. The van der Waals surface area contributed by atoms with E-state index in [0.717, 1.165) is 9.80 Å². The zero-order valence-corrected chi connectivity index (χ0v) is 43.8. The summed E-state index contributed by atoms with van der Waals surface area (Å²) in [5, 5.41) is 98.2. The van der Waals surface area contributed by atoms with E-state index in [-0.39, 0.29) is 81.2 Å². The molecule has 0 saturated heterocycles. The highest BCUT2D eigenvalue weighted by molar-refractivity contribution is 14.1. The van der Waals surface area contributed by atoms with Crippen LogP contribution in [0.2, 0.25) is 0 Å². The van der Waals surface area contributed by atoms with Crippen LogP contribution < -0.4 is 21.3 Å². The Labute approximate surface area is 424 Å². The first-order chi connectivity index (χ1) is 28.3. The van der Waals surface area contributed by atoms with Gasteiger partial charge in [-0.3, -0.25) is 28.8 Å². The van der Waals surface area contributed by atoms with Gasteiger partial charge in [0.1, 0.15) is 13.2 Å². The van der Waals surface area contributed by atoms with E-state index in [1.165, 1.54) is 0 Å². The second kappa shape index (κ2) is 26.9. The molecule has 0 aliphatic rings. The van der Waals surface area contributed by atoms with Gasteiger partial charge in [-0.25, -0.2) is 0 Å². The zero-order chi connectivity index (χ0) is 45.6. The van der Waals surface area contributed by atoms with Gasteiger partial charge in [-0.2, -0.15) is 0 Å². The van der Waals surface area contributed by atoms with Crippen molar-refractivity contribution < 1.29 is 74.7 Å². The van der Waals surface area contributed by atoms with E-state index in [0.29, 0.717) is 0 Å². The summed E-state index contributed by atoms with van der Waals surface area (Å²) < 4.78 is 0.683. The molecule has 21 nitrogen and oxygen atoms in total. The van der Waals surface area contributed by atoms with Crippen molar-refractivity contribution >= 4 is 182 Å². The molecule has 2 aromatic rings. The van der Waals surface area contributed by atoms with Crippen molar-refractivity contribution in [3.63, 3.8) is 0 Å². The molecule has 2 rings (SSSR count). The number of hydrogen-bond donors (Lipinski definition) is 13. The summed E-state index contributed by atoms with van der Waals surface area (Å²) in [4.78, 5) is 82.2. The smallest absolute Gasteiger partial charge is 0.256 e. The lowest BCUT2D eigenvalue weighted by Crippen LogP contribution is -2.47. The topological polar surface area (TPSA) is 339 Å². The molecule has 2 aromatic carbocycles. The first-order valence-corrected chi connectivity index (χ1v) is 23.6. The number of benzene rings is 2. The van der Waals surface area contributed by atoms with Crippen LogP contribution in [0, 0.1) is 21.4 Å². The minimum atomic E-state index is -1.58. The standard InChI is InChI=1S/C33H40I6N6O15/c34-22-18(30(57)40-5-13(52)9-48)24(36)28(42-16(55)11-50)26(38)20(22)32(59)44(1-3-46)7-15(54)8-45(2-4-47)33(60)21-23(35)19(31(58)41-6-14(53)10-49)25(37)29(27(21)39)43-17(56)12-51/h13-15,46-54H,1-12H2,(H,40,57)(H,41,58)(H,42,55)(H,43,56). The Morgan fingerprint density at radius 3 is 1.08 bits per heavy atom. The Morgan fingerprint density at radius 1 is 0.483 bits per heavy atom. The molecule has 0 spiro atoms. The fraction of sp³-hybridized carbons (Fsp3) is 0.455. The molecule has 0 heterocycles. The Balaban J connectivity index is 2.66. The molecular formula is C33H40I6N6O15. The first-order valence-electron chi connectivity index (χ1n) is 17.1. The Kier molecular flexibility index (Phi) is 24.9. The molecule has 0 fully saturated rings. The van der Waals surface area contributed by atoms with Crippen LogP contribution in [-0.4, -0.2) is 188 Å². The van der Waals surface area contributed by atoms with Gasteiger partial charge in [-0.1, -0.05) is 0 Å². The molecular weight excluding hydrogens is 1480 g/mol. The van der Waals surface area contributed by atoms with Crippen LogP contribution in [0.25, 0.3) is 0 Å². The summed E-state index contributed by atoms with van der Waals surface area (Å²) in [7, 11) is 0. The van der Waals surface area contributed by atoms with E-state index in [2.05, 4.69) is 21.3 Å². The minimum absolute atomic E-state index is 0.0232. The monoisotopic (exact) mass is 1520 g/mol. The van der Waals surface area contributed by atoms with E-state index in [1.54, 1.807) is 136 Å². The molecule has 0 aliphatic heterocycles. The molecule has 0 aliphatic carbocycles. The van der Waals surface area contributed by atoms with Crippen LogP contribution >= 0.6 is 136 Å². The molecule has 2 unspecified atom stereocenters. The summed E-state index contributed by atoms with van der Waals surface area (Å²) in [6.45, 7) is -7.04. The fourth-order valence-corrected chi connectivity index (χ4v) is 13.9. The van der Waals surface area contributed by atoms with Crippen LogP contribution in [0.1, 0.15) is 41.4 Å². The minimum Gasteiger partial charge on any atom is -0.395 e. The number of amides is 6. The predicted molar refractivity (Wildman–Crippen MR) is 263 cm³/mol. The first kappa shape index (κ1) is 55.4. The lowest BCUT2D eigenvalue weighted by Gasteiger charge is -2.31. The SMILES string of the molecule is O=C(CO)Nc1c(I)c(C(=O)NCC(O)CO)c(I)c(C(=O)N(CCO)CC(O)CN(CCO)C(=O)c2c(I)c(NC(=O)CO)c(I)c(C(=O)NCC(O)CO)c2I)c1I. The lowest BCUT2D eigenvalue weighted by molar-refractivity contribution is -0.119. The second-order valence-electron chi connectivity index (χ2n) is 12.2. The van der Waals surface area contributed by atoms with Crippen molar-refractivity contribution in [1.29, 1.82) is 0 Å². The molecule has 0 aromatic heterocycles. The molecule has 334 valence electrons. The van der Waals surface area contributed by atoms with Crippen molar-refractivity contribution in [2.45, 2.75) is 18.3 Å². The van der Waals surface area contributed by atoms with Gasteiger partial charge < -0.3 is 77.0 Å². The number of aliphatic hydroxyl groups is 9. The fourth-order valence-electron chi connectivity index (χ4n) is 5.08. The highest BCUT2D eigenvalue weighted by Gasteiger charge is 2.34. The lowest BCUT2D eigenvalue weighted by atomic mass is 10.1. The van der Waals surface area contributed by atoms with Gasteiger partial charge >= 0.3 is 0 Å². The number of carbonyl (C=O) groups excluding carboxylic acids is 6. The third kappa shape index (κ3) is 14.7. The van der Waals surface area contributed by atoms with Gasteiger partial charge in [0.2, 0.25) is 11.8 Å². The van der Waals surface area contributed by atoms with Gasteiger partial charge in [0, 0.05) is 46.4 Å². The second-order valence-corrected chi connectivity index (χ2v) is 18.7. The van der Waals surface area contributed by atoms with Gasteiger partial charge in [0.05, 0.1) is 92.6 Å². The predicted octanol–water partition coefficient (Wildman–Crippen LogP) is -1.73. The van der Waals surface area contributed by atoms with E-state index >= 15 is 0 Å². The molecule has 6 amide bonds. The van der Waals surface area contributed by atoms with Crippen LogP contribution in [0.4, 0.5) is 11.4 Å². The highest BCUT2D eigenvalue weighted by atomic mass is 127. The number of hydrogen-bond acceptors (Lipinski definition) is 15. The number of rotatable bonds is 22. The number of carbonyl (C=O) groups is 6. The van der Waals surface area contributed by atoms with Crippen molar-refractivity contribution in [2.75, 3.05) is 89.5 Å². The summed E-state index contributed by atoms with van der Waals surface area (Å²) in [6, 6.07) is 0. The third-order valence-electron chi connectivity index (χ3n) is 7.93. The number of nitrogens with one attached hydrogen (secondary N) is 4. The third-order valence-corrected chi connectivity index (χ3v) is 14.4. The van der Waals surface area contributed by atoms with E-state index in [9.17, 15) is 74.7 Å². The average molecular weight is 1520 g/mol. The molecule has 27 heteroatoms. The van der Waals surface area contributed by atoms with Crippen molar-refractivity contribution in [3.8, 4) is 0 Å². The molecule has 0 bridgehead atoms. The number of nitrogens with zero attached hydrogens (tertiary/aromatic N) is 2. The van der Waals surface area contributed by atoms with Gasteiger partial charge in [-0.15, -0.1) is 0 Å². The molecule has 0 radical (unpaired) electrons. The summed E-state index contributed by atoms with van der Waals surface area (Å²) in [6.07, 6.45) is -4.21. The van der Waals surface area contributed by atoms with Crippen LogP contribution in [0.15, 0.2) is 0 Å². The molecule has 0 saturated carbocycles. The van der Waals surface area contributed by atoms with Crippen LogP contribution in [0.3, 0.4) is 0 Å². The Morgan fingerprint density at radius 2 is 0.800 bits per heavy atom. The Hall–Kier alpha value is -0.720. The highest BCUT2D eigenvalue weighted by Crippen LogP contribution is 2.38. The summed E-state index contributed by atoms with van der Waals surface area (Å²) >= 11 is 10.5. The number of halogens is 6. The van der Waals surface area contributed by atoms with E-state index in [4.69, 9.17) is 0 Å². The summed E-state index contributed by atoms with van der Waals surface area (Å²) in [5.41, 5.74) is -0.582. The van der Waals surface area contributed by atoms with E-state index in [1.807, 2.05) is 0 Å². The van der Waals surface area contributed by atoms with Gasteiger partial charge in [0.15, 0.2) is 0 Å². The average Bonchev–Trinajstić information content (AvgIpc) is 3.21. The maximum atomic E-state index is 14.4. The summed E-state index contributed by atoms with van der Waals surface area (Å²) in [5.74, 6) is -5.03. The molecule has 60 heavy (non-hydrogen) atoms. The van der Waals surface area contributed by atoms with Gasteiger partial charge in [0.25, 0.3) is 23.6 Å². The normalized spacial score (nSPS) is 12.6. The zero-order valence-electron chi connectivity index (χ0n) is 30.9. The number of aliphatic hydroxyl groups excluding tert-OH is 9. The van der Waals surface area contributed by atoms with Crippen molar-refractivity contribution in [3.05, 3.63) is 43.7 Å². The van der Waals surface area contributed by atoms with Crippen molar-refractivity contribution in [2.24, 2.45) is 0 Å². The van der Waals surface area contributed by atoms with E-state index < -0.39 is 106 Å². The van der Waals surface area contributed by atoms with Gasteiger partial charge in [-0.05, 0) is 136 Å². The van der Waals surface area contributed by atoms with Crippen LogP contribution in [0.5, 0.6) is 0 Å². The molecule has 2 atom stereocenters.